The molecule has 31 heavy (non-hydrogen) atoms. The first-order valence-corrected chi connectivity index (χ1v) is 10.8. The standard InChI is InChI=1S/C24H16ClFN2O2S/c1-14-9-10-16(25)12-19(14)28-23(29)22-21(18-7-2-3-8-20(18)31-22)27(24(28)30)13-15-5-4-6-17(26)11-15/h2-12H,13H2,1H3. The molecule has 0 fully saturated rings. The molecule has 2 aromatic heterocycles. The van der Waals surface area contributed by atoms with E-state index in [0.717, 1.165) is 20.2 Å². The molecule has 3 aromatic carbocycles. The normalized spacial score (nSPS) is 11.5. The van der Waals surface area contributed by atoms with Crippen LogP contribution in [0.1, 0.15) is 11.1 Å². The van der Waals surface area contributed by atoms with E-state index < -0.39 is 5.69 Å². The number of hydrogen-bond donors (Lipinski definition) is 0. The quantitative estimate of drug-likeness (QED) is 0.363. The Morgan fingerprint density at radius 3 is 2.61 bits per heavy atom. The average molecular weight is 451 g/mol. The second-order valence-corrected chi connectivity index (χ2v) is 8.83. The lowest BCUT2D eigenvalue weighted by molar-refractivity contribution is 0.622. The van der Waals surface area contributed by atoms with Crippen molar-refractivity contribution in [3.63, 3.8) is 0 Å². The molecule has 0 spiro atoms. The monoisotopic (exact) mass is 450 g/mol. The summed E-state index contributed by atoms with van der Waals surface area (Å²) in [5.74, 6) is -0.379. The van der Waals surface area contributed by atoms with Crippen molar-refractivity contribution < 1.29 is 4.39 Å². The molecule has 2 heterocycles. The molecule has 0 bridgehead atoms. The van der Waals surface area contributed by atoms with Gasteiger partial charge in [-0.2, -0.15) is 0 Å². The third kappa shape index (κ3) is 3.28. The molecule has 0 aliphatic carbocycles. The number of thiophene rings is 1. The van der Waals surface area contributed by atoms with E-state index in [0.29, 0.717) is 26.5 Å². The molecule has 0 saturated carbocycles. The molecule has 5 rings (SSSR count). The maximum Gasteiger partial charge on any atom is 0.336 e. The van der Waals surface area contributed by atoms with E-state index in [2.05, 4.69) is 0 Å². The van der Waals surface area contributed by atoms with Crippen LogP contribution in [0.2, 0.25) is 5.02 Å². The van der Waals surface area contributed by atoms with E-state index in [4.69, 9.17) is 11.6 Å². The molecule has 0 aliphatic rings. The lowest BCUT2D eigenvalue weighted by atomic mass is 10.2. The van der Waals surface area contributed by atoms with Crippen LogP contribution < -0.4 is 11.2 Å². The average Bonchev–Trinajstić information content (AvgIpc) is 3.14. The Morgan fingerprint density at radius 2 is 1.81 bits per heavy atom. The summed E-state index contributed by atoms with van der Waals surface area (Å²) < 4.78 is 17.9. The highest BCUT2D eigenvalue weighted by atomic mass is 35.5. The number of nitrogens with zero attached hydrogens (tertiary/aromatic N) is 2. The minimum Gasteiger partial charge on any atom is -0.287 e. The van der Waals surface area contributed by atoms with Crippen LogP contribution in [0.5, 0.6) is 0 Å². The van der Waals surface area contributed by atoms with Gasteiger partial charge in [0.2, 0.25) is 0 Å². The van der Waals surface area contributed by atoms with E-state index in [1.807, 2.05) is 31.2 Å². The molecule has 0 atom stereocenters. The minimum atomic E-state index is -0.490. The fourth-order valence-corrected chi connectivity index (χ4v) is 5.15. The van der Waals surface area contributed by atoms with Crippen molar-refractivity contribution in [2.45, 2.75) is 13.5 Å². The van der Waals surface area contributed by atoms with Crippen molar-refractivity contribution in [2.24, 2.45) is 0 Å². The third-order valence-corrected chi connectivity index (χ3v) is 6.68. The van der Waals surface area contributed by atoms with Crippen LogP contribution in [-0.2, 0) is 6.54 Å². The number of aryl methyl sites for hydroxylation is 1. The summed E-state index contributed by atoms with van der Waals surface area (Å²) in [4.78, 5) is 27.2. The van der Waals surface area contributed by atoms with Crippen molar-refractivity contribution in [3.8, 4) is 5.69 Å². The molecule has 4 nitrogen and oxygen atoms in total. The van der Waals surface area contributed by atoms with Gasteiger partial charge in [0, 0.05) is 15.1 Å². The molecule has 0 aliphatic heterocycles. The first kappa shape index (κ1) is 19.7. The van der Waals surface area contributed by atoms with Crippen LogP contribution in [0.4, 0.5) is 4.39 Å². The van der Waals surface area contributed by atoms with Gasteiger partial charge in [0.1, 0.15) is 10.5 Å². The largest absolute Gasteiger partial charge is 0.336 e. The summed E-state index contributed by atoms with van der Waals surface area (Å²) in [6.45, 7) is 1.96. The van der Waals surface area contributed by atoms with Crippen molar-refractivity contribution in [1.29, 1.82) is 0 Å². The fraction of sp³-hybridized carbons (Fsp3) is 0.0833. The zero-order chi connectivity index (χ0) is 21.7. The van der Waals surface area contributed by atoms with E-state index >= 15 is 0 Å². The number of hydrogen-bond acceptors (Lipinski definition) is 3. The smallest absolute Gasteiger partial charge is 0.287 e. The number of fused-ring (bicyclic) bond motifs is 3. The Bertz CT molecular complexity index is 1600. The van der Waals surface area contributed by atoms with Crippen LogP contribution in [-0.4, -0.2) is 9.13 Å². The lowest BCUT2D eigenvalue weighted by Gasteiger charge is -2.14. The molecule has 0 amide bonds. The van der Waals surface area contributed by atoms with Crippen molar-refractivity contribution >= 4 is 43.2 Å². The highest BCUT2D eigenvalue weighted by Gasteiger charge is 2.20. The number of halogens is 2. The first-order chi connectivity index (χ1) is 14.9. The Kier molecular flexibility index (Phi) is 4.76. The zero-order valence-corrected chi connectivity index (χ0v) is 18.0. The van der Waals surface area contributed by atoms with Gasteiger partial charge in [-0.05, 0) is 48.4 Å². The van der Waals surface area contributed by atoms with Gasteiger partial charge in [-0.25, -0.2) is 13.8 Å². The third-order valence-electron chi connectivity index (χ3n) is 5.30. The van der Waals surface area contributed by atoms with E-state index in [-0.39, 0.29) is 17.9 Å². The topological polar surface area (TPSA) is 44.0 Å². The summed E-state index contributed by atoms with van der Waals surface area (Å²) >= 11 is 7.52. The highest BCUT2D eigenvalue weighted by molar-refractivity contribution is 7.25. The number of aromatic nitrogens is 2. The summed E-state index contributed by atoms with van der Waals surface area (Å²) in [5, 5.41) is 1.25. The molecule has 5 aromatic rings. The molecule has 154 valence electrons. The summed E-state index contributed by atoms with van der Waals surface area (Å²) in [6, 6.07) is 18.8. The van der Waals surface area contributed by atoms with E-state index in [1.54, 1.807) is 34.9 Å². The predicted molar refractivity (Wildman–Crippen MR) is 124 cm³/mol. The van der Waals surface area contributed by atoms with Gasteiger partial charge in [-0.15, -0.1) is 11.3 Å². The van der Waals surface area contributed by atoms with Gasteiger partial charge in [0.05, 0.1) is 17.7 Å². The SMILES string of the molecule is Cc1ccc(Cl)cc1-n1c(=O)c2sc3ccccc3c2n(Cc2cccc(F)c2)c1=O. The maximum atomic E-state index is 13.8. The molecular formula is C24H16ClFN2O2S. The maximum absolute atomic E-state index is 13.8. The van der Waals surface area contributed by atoms with Crippen LogP contribution in [0.3, 0.4) is 0 Å². The molecule has 7 heteroatoms. The van der Waals surface area contributed by atoms with E-state index in [9.17, 15) is 14.0 Å². The number of rotatable bonds is 3. The molecule has 0 unspecified atom stereocenters. The summed E-state index contributed by atoms with van der Waals surface area (Å²) in [5.41, 5.74) is 1.51. The fourth-order valence-electron chi connectivity index (χ4n) is 3.85. The van der Waals surface area contributed by atoms with Gasteiger partial charge >= 0.3 is 5.69 Å². The Morgan fingerprint density at radius 1 is 1.00 bits per heavy atom. The summed E-state index contributed by atoms with van der Waals surface area (Å²) in [7, 11) is 0. The zero-order valence-electron chi connectivity index (χ0n) is 16.4. The molecule has 0 saturated heterocycles. The second kappa shape index (κ2) is 7.48. The van der Waals surface area contributed by atoms with Gasteiger partial charge in [0.15, 0.2) is 0 Å². The van der Waals surface area contributed by atoms with Crippen LogP contribution >= 0.6 is 22.9 Å². The Balaban J connectivity index is 1.92. The van der Waals surface area contributed by atoms with Crippen molar-refractivity contribution in [2.75, 3.05) is 0 Å². The van der Waals surface area contributed by atoms with Gasteiger partial charge in [0.25, 0.3) is 5.56 Å². The van der Waals surface area contributed by atoms with E-state index in [1.165, 1.54) is 23.5 Å². The van der Waals surface area contributed by atoms with Crippen molar-refractivity contribution in [3.05, 3.63) is 110 Å². The second-order valence-electron chi connectivity index (χ2n) is 7.35. The van der Waals surface area contributed by atoms with Gasteiger partial charge < -0.3 is 0 Å². The van der Waals surface area contributed by atoms with Crippen molar-refractivity contribution in [1.82, 2.24) is 9.13 Å². The number of benzene rings is 3. The predicted octanol–water partition coefficient (Wildman–Crippen LogP) is 5.52. The van der Waals surface area contributed by atoms with Crippen LogP contribution in [0.15, 0.2) is 76.3 Å². The Labute approximate surface area is 185 Å². The molecule has 0 N–H and O–H groups in total. The van der Waals surface area contributed by atoms with Gasteiger partial charge in [-0.1, -0.05) is 48.0 Å². The van der Waals surface area contributed by atoms with Gasteiger partial charge in [-0.3, -0.25) is 9.36 Å². The lowest BCUT2D eigenvalue weighted by Crippen LogP contribution is -2.39. The minimum absolute atomic E-state index is 0.133. The molecular weight excluding hydrogens is 435 g/mol. The van der Waals surface area contributed by atoms with Crippen LogP contribution in [0.25, 0.3) is 26.0 Å². The summed E-state index contributed by atoms with van der Waals surface area (Å²) in [6.07, 6.45) is 0. The first-order valence-electron chi connectivity index (χ1n) is 9.62. The highest BCUT2D eigenvalue weighted by Crippen LogP contribution is 2.31. The molecule has 0 radical (unpaired) electrons. The van der Waals surface area contributed by atoms with Crippen LogP contribution in [0, 0.1) is 12.7 Å². The Hall–Kier alpha value is -3.22.